The summed E-state index contributed by atoms with van der Waals surface area (Å²) < 4.78 is 63.0. The van der Waals surface area contributed by atoms with Gasteiger partial charge in [0.15, 0.2) is 0 Å². The standard InChI is InChI=1S/C128H204O16/c1-9-15-19-23-27-31-35-39-43-47-51-55-59-63-67-71-87-141-125-111-95-107(79-75-91-137-119(129)13-5)97-113(125)104-115-99-109(81-77-93-139-123(133)85-83-121(131)135-7)101-117(127(115)143-89-73-69-65-61-57-53-49-45-41-37-33-29-25-21-17-11-3)106-118-102-110(82-78-94-140-124(134)86-84-122(132)136-8)100-116(128(118)144-90-74-70-66-62-58-54-50-46-42-38-34-30-26-22-18-12-4)105-114-98-108(80-76-92-138-120(130)14-6)96-112(103-111)126(114)142-88-72-68-64-60-56-52-48-44-40-36-32-28-24-20-16-10-2/h13-14,83-86,95-102H,5-6,9-12,15-82,87-94,103-106H2,1-4,7-8H3/b85-83-,86-84-. The highest BCUT2D eigenvalue weighted by molar-refractivity contribution is 5.92. The highest BCUT2D eigenvalue weighted by Gasteiger charge is 2.27. The molecule has 144 heavy (non-hydrogen) atoms. The number of aryl methyl sites for hydroxylation is 4. The van der Waals surface area contributed by atoms with E-state index in [1.54, 1.807) is 0 Å². The smallest absolute Gasteiger partial charge is 0.331 e. The first-order valence-corrected chi connectivity index (χ1v) is 59.3. The molecule has 0 radical (unpaired) electrons. The third-order valence-corrected chi connectivity index (χ3v) is 28.6. The number of ether oxygens (including phenoxy) is 10. The number of carbonyl (C=O) groups excluding carboxylic acids is 6. The molecule has 0 atom stereocenters. The van der Waals surface area contributed by atoms with E-state index in [1.807, 2.05) is 0 Å². The van der Waals surface area contributed by atoms with E-state index in [0.717, 1.165) is 191 Å². The van der Waals surface area contributed by atoms with Gasteiger partial charge in [0.2, 0.25) is 0 Å². The molecule has 4 aromatic carbocycles. The minimum Gasteiger partial charge on any atom is -0.493 e. The lowest BCUT2D eigenvalue weighted by atomic mass is 9.87. The largest absolute Gasteiger partial charge is 0.493 e. The molecule has 0 heterocycles. The Kier molecular flexibility index (Phi) is 77.1. The summed E-state index contributed by atoms with van der Waals surface area (Å²) in [6.07, 6.45) is 93.8. The highest BCUT2D eigenvalue weighted by Crippen LogP contribution is 2.43. The number of benzene rings is 4. The highest BCUT2D eigenvalue weighted by atomic mass is 16.6. The molecule has 1 aliphatic carbocycles. The number of hydrogen-bond donors (Lipinski definition) is 0. The number of carbonyl (C=O) groups is 6. The maximum atomic E-state index is 13.2. The average Bonchev–Trinajstić information content (AvgIpc) is 0.770. The Bertz CT molecular complexity index is 3820. The van der Waals surface area contributed by atoms with Gasteiger partial charge in [-0.2, -0.15) is 0 Å². The minimum absolute atomic E-state index is 0.104. The fraction of sp³-hybridized carbons (Fsp3) is 0.703. The zero-order valence-electron chi connectivity index (χ0n) is 92.4. The molecule has 0 saturated carbocycles. The van der Waals surface area contributed by atoms with Crippen LogP contribution in [0.1, 0.15) is 531 Å². The van der Waals surface area contributed by atoms with E-state index in [-0.39, 0.29) is 26.4 Å². The van der Waals surface area contributed by atoms with Crippen LogP contribution in [0, 0.1) is 0 Å². The molecule has 0 spiro atoms. The predicted octanol–water partition coefficient (Wildman–Crippen LogP) is 34.7. The summed E-state index contributed by atoms with van der Waals surface area (Å²) in [6.45, 7) is 19.3. The monoisotopic (exact) mass is 2000 g/mol. The first-order chi connectivity index (χ1) is 70.8. The van der Waals surface area contributed by atoms with Crippen LogP contribution in [-0.2, 0) is 109 Å². The predicted molar refractivity (Wildman–Crippen MR) is 597 cm³/mol. The van der Waals surface area contributed by atoms with Crippen molar-refractivity contribution in [1.29, 1.82) is 0 Å². The topological polar surface area (TPSA) is 195 Å². The second-order valence-electron chi connectivity index (χ2n) is 41.5. The summed E-state index contributed by atoms with van der Waals surface area (Å²) in [5.41, 5.74) is 12.3. The van der Waals surface area contributed by atoms with Crippen LogP contribution >= 0.6 is 0 Å². The van der Waals surface area contributed by atoms with Gasteiger partial charge in [0.25, 0.3) is 0 Å². The Labute approximate surface area is 877 Å². The van der Waals surface area contributed by atoms with Crippen molar-refractivity contribution in [2.45, 2.75) is 516 Å². The Hall–Kier alpha value is -8.14. The number of rotatable bonds is 94. The van der Waals surface area contributed by atoms with E-state index in [4.69, 9.17) is 47.4 Å². The van der Waals surface area contributed by atoms with E-state index in [9.17, 15) is 28.8 Å². The van der Waals surface area contributed by atoms with Crippen LogP contribution in [0.5, 0.6) is 23.0 Å². The van der Waals surface area contributed by atoms with Crippen molar-refractivity contribution in [3.8, 4) is 23.0 Å². The molecule has 16 nitrogen and oxygen atoms in total. The lowest BCUT2D eigenvalue weighted by Crippen LogP contribution is -2.13. The summed E-state index contributed by atoms with van der Waals surface area (Å²) in [5.74, 6) is -0.147. The quantitative estimate of drug-likeness (QED) is 0.0154. The second-order valence-corrected chi connectivity index (χ2v) is 41.5. The van der Waals surface area contributed by atoms with Crippen LogP contribution < -0.4 is 18.9 Å². The van der Waals surface area contributed by atoms with E-state index in [1.165, 1.54) is 360 Å². The minimum atomic E-state index is -0.643. The van der Waals surface area contributed by atoms with E-state index < -0.39 is 35.8 Å². The van der Waals surface area contributed by atoms with Gasteiger partial charge in [-0.25, -0.2) is 28.8 Å². The second kappa shape index (κ2) is 87.8. The van der Waals surface area contributed by atoms with Gasteiger partial charge in [0, 0.05) is 62.1 Å². The molecule has 0 aromatic heterocycles. The zero-order chi connectivity index (χ0) is 103. The Morgan fingerprint density at radius 2 is 0.347 bits per heavy atom. The molecule has 1 aliphatic rings. The van der Waals surface area contributed by atoms with Crippen LogP contribution in [-0.4, -0.2) is 103 Å². The van der Waals surface area contributed by atoms with Gasteiger partial charge in [-0.1, -0.05) is 475 Å². The fourth-order valence-electron chi connectivity index (χ4n) is 20.2. The van der Waals surface area contributed by atoms with Crippen LogP contribution in [0.3, 0.4) is 0 Å². The Morgan fingerprint density at radius 3 is 0.500 bits per heavy atom. The molecule has 0 amide bonds. The van der Waals surface area contributed by atoms with E-state index >= 15 is 0 Å². The third-order valence-electron chi connectivity index (χ3n) is 28.6. The van der Waals surface area contributed by atoms with Crippen molar-refractivity contribution in [2.75, 3.05) is 67.1 Å². The molecule has 0 aliphatic heterocycles. The van der Waals surface area contributed by atoms with Crippen LogP contribution in [0.4, 0.5) is 0 Å². The summed E-state index contributed by atoms with van der Waals surface area (Å²) in [4.78, 5) is 76.4. The molecule has 0 N–H and O–H groups in total. The van der Waals surface area contributed by atoms with Gasteiger partial charge in [-0.05, 0) is 144 Å². The fourth-order valence-corrected chi connectivity index (χ4v) is 20.2. The molecule has 0 unspecified atom stereocenters. The number of fused-ring (bicyclic) bond motifs is 8. The molecule has 812 valence electrons. The Morgan fingerprint density at radius 1 is 0.201 bits per heavy atom. The lowest BCUT2D eigenvalue weighted by molar-refractivity contribution is -0.139. The van der Waals surface area contributed by atoms with E-state index in [2.05, 4.69) is 89.4 Å². The van der Waals surface area contributed by atoms with Crippen molar-refractivity contribution in [3.63, 3.8) is 0 Å². The van der Waals surface area contributed by atoms with Crippen molar-refractivity contribution < 1.29 is 76.1 Å². The maximum Gasteiger partial charge on any atom is 0.331 e. The molecular weight excluding hydrogens is 1790 g/mol. The molecular formula is C128H204O16. The van der Waals surface area contributed by atoms with Gasteiger partial charge in [-0.3, -0.25) is 0 Å². The first kappa shape index (κ1) is 126. The molecule has 4 aromatic rings. The SMILES string of the molecule is C=CC(=O)OCCCc1cc2c(OCCCCCCCCCCCCCCCCCC)c(c1)Cc1cc(CCCOC(=O)/C=C\C(=O)OC)cc(c1OCCCCCCCCCCCCCCCCCC)Cc1cc(CCCOC(=O)/C=C\C(=O)OC)cc(c1OCCCCCCCCCCCCCCCCCC)Cc1cc(CCCOC(=O)C=C)cc(c1OCCCCCCCCCCCCCCCCCC)C2. The molecule has 0 fully saturated rings. The van der Waals surface area contributed by atoms with Crippen molar-refractivity contribution in [1.82, 2.24) is 0 Å². The third kappa shape index (κ3) is 62.9. The van der Waals surface area contributed by atoms with Crippen molar-refractivity contribution in [2.24, 2.45) is 0 Å². The Balaban J connectivity index is 1.77. The number of esters is 6. The van der Waals surface area contributed by atoms with Crippen molar-refractivity contribution in [3.05, 3.63) is 165 Å². The lowest BCUT2D eigenvalue weighted by Gasteiger charge is -2.25. The molecule has 5 rings (SSSR count). The summed E-state index contributed by atoms with van der Waals surface area (Å²) >= 11 is 0. The average molecular weight is 2000 g/mol. The summed E-state index contributed by atoms with van der Waals surface area (Å²) in [6, 6.07) is 18.5. The zero-order valence-corrected chi connectivity index (χ0v) is 92.4. The number of hydrogen-bond acceptors (Lipinski definition) is 16. The summed E-state index contributed by atoms with van der Waals surface area (Å²) in [7, 11) is 2.55. The van der Waals surface area contributed by atoms with Gasteiger partial charge in [-0.15, -0.1) is 0 Å². The van der Waals surface area contributed by atoms with Crippen LogP contribution in [0.25, 0.3) is 0 Å². The normalized spacial score (nSPS) is 11.9. The first-order valence-electron chi connectivity index (χ1n) is 59.3. The van der Waals surface area contributed by atoms with Crippen LogP contribution in [0.2, 0.25) is 0 Å². The number of methoxy groups -OCH3 is 2. The van der Waals surface area contributed by atoms with Gasteiger partial charge < -0.3 is 47.4 Å². The van der Waals surface area contributed by atoms with Crippen LogP contribution in [0.15, 0.2) is 98.1 Å². The van der Waals surface area contributed by atoms with Gasteiger partial charge in [0.05, 0.1) is 67.1 Å². The summed E-state index contributed by atoms with van der Waals surface area (Å²) in [5, 5.41) is 0. The molecule has 0 saturated heterocycles. The van der Waals surface area contributed by atoms with Crippen molar-refractivity contribution >= 4 is 35.8 Å². The number of unbranched alkanes of at least 4 members (excludes halogenated alkanes) is 60. The van der Waals surface area contributed by atoms with Gasteiger partial charge in [0.1, 0.15) is 23.0 Å². The van der Waals surface area contributed by atoms with E-state index in [0.29, 0.717) is 103 Å². The molecule has 16 heteroatoms. The van der Waals surface area contributed by atoms with Gasteiger partial charge >= 0.3 is 35.8 Å². The maximum absolute atomic E-state index is 13.2. The molecule has 8 bridgehead atoms.